The fourth-order valence-electron chi connectivity index (χ4n) is 1.11. The number of carboxylic acid groups (broad SMARTS) is 1. The Labute approximate surface area is 73.0 Å². The molecule has 0 spiro atoms. The Morgan fingerprint density at radius 3 is 2.58 bits per heavy atom. The molecule has 0 aromatic heterocycles. The Morgan fingerprint density at radius 2 is 2.25 bits per heavy atom. The van der Waals surface area contributed by atoms with E-state index in [9.17, 15) is 4.79 Å². The van der Waals surface area contributed by atoms with Gasteiger partial charge in [-0.05, 0) is 12.8 Å². The molecule has 0 aromatic rings. The van der Waals surface area contributed by atoms with Gasteiger partial charge in [0, 0.05) is 5.92 Å². The molecule has 0 amide bonds. The maximum Gasteiger partial charge on any atom is 0.306 e. The van der Waals surface area contributed by atoms with Crippen molar-refractivity contribution in [3.8, 4) is 6.07 Å². The van der Waals surface area contributed by atoms with E-state index in [1.165, 1.54) is 0 Å². The molecule has 12 heavy (non-hydrogen) atoms. The molecular formula is C9H15NO2. The molecule has 0 aliphatic rings. The molecule has 1 N–H and O–H groups in total. The maximum absolute atomic E-state index is 10.4. The lowest BCUT2D eigenvalue weighted by Gasteiger charge is -2.10. The second kappa shape index (κ2) is 5.59. The first-order valence-corrected chi connectivity index (χ1v) is 4.24. The van der Waals surface area contributed by atoms with E-state index in [1.54, 1.807) is 6.92 Å². The van der Waals surface area contributed by atoms with Crippen LogP contribution in [0, 0.1) is 23.2 Å². The van der Waals surface area contributed by atoms with Gasteiger partial charge in [-0.3, -0.25) is 4.79 Å². The molecule has 68 valence electrons. The molecule has 0 rings (SSSR count). The van der Waals surface area contributed by atoms with Crippen LogP contribution in [0.1, 0.15) is 33.1 Å². The lowest BCUT2D eigenvalue weighted by molar-refractivity contribution is -0.141. The molecular weight excluding hydrogens is 154 g/mol. The zero-order chi connectivity index (χ0) is 9.56. The third-order valence-corrected chi connectivity index (χ3v) is 1.88. The van der Waals surface area contributed by atoms with Crippen molar-refractivity contribution < 1.29 is 9.90 Å². The SMILES string of the molecule is CCCC(C#N)CC(C)C(=O)O. The minimum atomic E-state index is -0.814. The first-order chi connectivity index (χ1) is 5.61. The summed E-state index contributed by atoms with van der Waals surface area (Å²) in [6, 6.07) is 2.13. The van der Waals surface area contributed by atoms with Crippen molar-refractivity contribution in [1.29, 1.82) is 5.26 Å². The summed E-state index contributed by atoms with van der Waals surface area (Å²) in [5.74, 6) is -1.31. The smallest absolute Gasteiger partial charge is 0.306 e. The van der Waals surface area contributed by atoms with Crippen LogP contribution in [0.2, 0.25) is 0 Å². The number of nitrogens with zero attached hydrogens (tertiary/aromatic N) is 1. The topological polar surface area (TPSA) is 61.1 Å². The highest BCUT2D eigenvalue weighted by Crippen LogP contribution is 2.16. The van der Waals surface area contributed by atoms with E-state index >= 15 is 0 Å². The largest absolute Gasteiger partial charge is 0.481 e. The van der Waals surface area contributed by atoms with Crippen LogP contribution < -0.4 is 0 Å². The lowest BCUT2D eigenvalue weighted by atomic mass is 9.93. The van der Waals surface area contributed by atoms with Gasteiger partial charge in [-0.2, -0.15) is 5.26 Å². The third-order valence-electron chi connectivity index (χ3n) is 1.88. The minimum Gasteiger partial charge on any atom is -0.481 e. The van der Waals surface area contributed by atoms with Gasteiger partial charge in [0.05, 0.1) is 12.0 Å². The predicted molar refractivity (Wildman–Crippen MR) is 45.4 cm³/mol. The Hall–Kier alpha value is -1.04. The summed E-state index contributed by atoms with van der Waals surface area (Å²) in [6.07, 6.45) is 2.21. The fourth-order valence-corrected chi connectivity index (χ4v) is 1.11. The van der Waals surface area contributed by atoms with Gasteiger partial charge < -0.3 is 5.11 Å². The van der Waals surface area contributed by atoms with Crippen molar-refractivity contribution in [3.63, 3.8) is 0 Å². The van der Waals surface area contributed by atoms with Crippen LogP contribution in [0.3, 0.4) is 0 Å². The second-order valence-electron chi connectivity index (χ2n) is 3.09. The van der Waals surface area contributed by atoms with Gasteiger partial charge in [0.2, 0.25) is 0 Å². The van der Waals surface area contributed by atoms with Gasteiger partial charge in [-0.25, -0.2) is 0 Å². The number of nitriles is 1. The van der Waals surface area contributed by atoms with Crippen LogP contribution >= 0.6 is 0 Å². The summed E-state index contributed by atoms with van der Waals surface area (Å²) in [7, 11) is 0. The molecule has 0 aliphatic heterocycles. The van der Waals surface area contributed by atoms with Crippen LogP contribution in [0.5, 0.6) is 0 Å². The van der Waals surface area contributed by atoms with Crippen LogP contribution in [-0.2, 0) is 4.79 Å². The van der Waals surface area contributed by atoms with Gasteiger partial charge in [-0.1, -0.05) is 20.3 Å². The predicted octanol–water partition coefficient (Wildman–Crippen LogP) is 2.04. The van der Waals surface area contributed by atoms with E-state index in [2.05, 4.69) is 6.07 Å². The monoisotopic (exact) mass is 169 g/mol. The summed E-state index contributed by atoms with van der Waals surface area (Å²) < 4.78 is 0. The molecule has 0 saturated heterocycles. The van der Waals surface area contributed by atoms with Gasteiger partial charge in [0.15, 0.2) is 0 Å². The molecule has 3 heteroatoms. The maximum atomic E-state index is 10.4. The zero-order valence-corrected chi connectivity index (χ0v) is 7.58. The summed E-state index contributed by atoms with van der Waals surface area (Å²) in [5.41, 5.74) is 0. The van der Waals surface area contributed by atoms with Gasteiger partial charge in [-0.15, -0.1) is 0 Å². The molecule has 2 atom stereocenters. The van der Waals surface area contributed by atoms with Gasteiger partial charge in [0.25, 0.3) is 0 Å². The van der Waals surface area contributed by atoms with Gasteiger partial charge >= 0.3 is 5.97 Å². The van der Waals surface area contributed by atoms with Crippen molar-refractivity contribution in [3.05, 3.63) is 0 Å². The lowest BCUT2D eigenvalue weighted by Crippen LogP contribution is -2.13. The molecule has 0 aromatic carbocycles. The highest BCUT2D eigenvalue weighted by atomic mass is 16.4. The Morgan fingerprint density at radius 1 is 1.67 bits per heavy atom. The van der Waals surface area contributed by atoms with Crippen molar-refractivity contribution >= 4 is 5.97 Å². The molecule has 0 radical (unpaired) electrons. The van der Waals surface area contributed by atoms with E-state index < -0.39 is 11.9 Å². The average molecular weight is 169 g/mol. The van der Waals surface area contributed by atoms with E-state index in [0.717, 1.165) is 12.8 Å². The standard InChI is InChI=1S/C9H15NO2/c1-3-4-8(6-10)5-7(2)9(11)12/h7-8H,3-5H2,1-2H3,(H,11,12). The van der Waals surface area contributed by atoms with Crippen LogP contribution in [0.25, 0.3) is 0 Å². The number of rotatable bonds is 5. The minimum absolute atomic E-state index is 0.0962. The van der Waals surface area contributed by atoms with Crippen LogP contribution in [0.15, 0.2) is 0 Å². The molecule has 3 nitrogen and oxygen atoms in total. The molecule has 0 aliphatic carbocycles. The first-order valence-electron chi connectivity index (χ1n) is 4.24. The number of carbonyl (C=O) groups is 1. The fraction of sp³-hybridized carbons (Fsp3) is 0.778. The van der Waals surface area contributed by atoms with E-state index in [0.29, 0.717) is 6.42 Å². The summed E-state index contributed by atoms with van der Waals surface area (Å²) in [6.45, 7) is 3.64. The number of hydrogen-bond acceptors (Lipinski definition) is 2. The highest BCUT2D eigenvalue weighted by Gasteiger charge is 2.16. The van der Waals surface area contributed by atoms with Crippen molar-refractivity contribution in [2.45, 2.75) is 33.1 Å². The summed E-state index contributed by atoms with van der Waals surface area (Å²) >= 11 is 0. The quantitative estimate of drug-likeness (QED) is 0.685. The van der Waals surface area contributed by atoms with Gasteiger partial charge in [0.1, 0.15) is 0 Å². The Bertz CT molecular complexity index is 183. The number of aliphatic carboxylic acids is 1. The van der Waals surface area contributed by atoms with Crippen LogP contribution in [0.4, 0.5) is 0 Å². The zero-order valence-electron chi connectivity index (χ0n) is 7.58. The Balaban J connectivity index is 3.87. The van der Waals surface area contributed by atoms with E-state index in [4.69, 9.17) is 10.4 Å². The summed E-state index contributed by atoms with van der Waals surface area (Å²) in [4.78, 5) is 10.4. The normalized spacial score (nSPS) is 14.8. The summed E-state index contributed by atoms with van der Waals surface area (Å²) in [5, 5.41) is 17.2. The Kier molecular flexibility index (Phi) is 5.11. The van der Waals surface area contributed by atoms with E-state index in [-0.39, 0.29) is 5.92 Å². The number of hydrogen-bond donors (Lipinski definition) is 1. The second-order valence-corrected chi connectivity index (χ2v) is 3.09. The highest BCUT2D eigenvalue weighted by molar-refractivity contribution is 5.69. The molecule has 0 heterocycles. The molecule has 0 fully saturated rings. The van der Waals surface area contributed by atoms with Crippen molar-refractivity contribution in [2.75, 3.05) is 0 Å². The third kappa shape index (κ3) is 3.97. The molecule has 0 saturated carbocycles. The van der Waals surface area contributed by atoms with Crippen LogP contribution in [-0.4, -0.2) is 11.1 Å². The van der Waals surface area contributed by atoms with Crippen molar-refractivity contribution in [1.82, 2.24) is 0 Å². The van der Waals surface area contributed by atoms with Crippen molar-refractivity contribution in [2.24, 2.45) is 11.8 Å². The molecule has 2 unspecified atom stereocenters. The first kappa shape index (κ1) is 11.0. The number of carboxylic acids is 1. The average Bonchev–Trinajstić information content (AvgIpc) is 2.03. The van der Waals surface area contributed by atoms with E-state index in [1.807, 2.05) is 6.92 Å². The molecule has 0 bridgehead atoms.